The summed E-state index contributed by atoms with van der Waals surface area (Å²) in [7, 11) is 1.62. The van der Waals surface area contributed by atoms with Crippen molar-refractivity contribution in [1.82, 2.24) is 0 Å². The first-order valence-electron chi connectivity index (χ1n) is 5.80. The molecule has 0 aliphatic heterocycles. The van der Waals surface area contributed by atoms with E-state index in [0.29, 0.717) is 0 Å². The summed E-state index contributed by atoms with van der Waals surface area (Å²) in [6.07, 6.45) is -0.670. The van der Waals surface area contributed by atoms with Gasteiger partial charge in [-0.15, -0.1) is 0 Å². The maximum atomic E-state index is 10.5. The van der Waals surface area contributed by atoms with E-state index in [2.05, 4.69) is 31.9 Å². The Morgan fingerprint density at radius 2 is 1.84 bits per heavy atom. The van der Waals surface area contributed by atoms with E-state index in [9.17, 15) is 5.11 Å². The van der Waals surface area contributed by atoms with Crippen LogP contribution in [0.25, 0.3) is 0 Å². The molecule has 0 aromatic heterocycles. The molecule has 1 unspecified atom stereocenters. The molecule has 100 valence electrons. The number of aryl methyl sites for hydroxylation is 1. The number of methoxy groups -OCH3 is 1. The third-order valence-corrected chi connectivity index (χ3v) is 4.03. The summed E-state index contributed by atoms with van der Waals surface area (Å²) in [4.78, 5) is 0. The molecule has 1 N–H and O–H groups in total. The predicted octanol–water partition coefficient (Wildman–Crippen LogP) is 4.61. The van der Waals surface area contributed by atoms with Gasteiger partial charge in [-0.3, -0.25) is 0 Å². The number of halogens is 2. The zero-order valence-corrected chi connectivity index (χ0v) is 13.8. The predicted molar refractivity (Wildman–Crippen MR) is 83.6 cm³/mol. The monoisotopic (exact) mass is 384 g/mol. The molecule has 0 amide bonds. The van der Waals surface area contributed by atoms with Gasteiger partial charge in [-0.25, -0.2) is 0 Å². The van der Waals surface area contributed by atoms with Crippen LogP contribution in [0.3, 0.4) is 0 Å². The average Bonchev–Trinajstić information content (AvgIpc) is 2.36. The van der Waals surface area contributed by atoms with Crippen LogP contribution in [-0.2, 0) is 0 Å². The Bertz CT molecular complexity index is 576. The lowest BCUT2D eigenvalue weighted by molar-refractivity contribution is 0.219. The summed E-state index contributed by atoms with van der Waals surface area (Å²) in [5.74, 6) is 0.758. The van der Waals surface area contributed by atoms with E-state index < -0.39 is 6.10 Å². The third-order valence-electron chi connectivity index (χ3n) is 2.88. The lowest BCUT2D eigenvalue weighted by Gasteiger charge is -2.15. The SMILES string of the molecule is COc1ccc(C(O)c2cc(C)cc(Br)c2)c(Br)c1. The van der Waals surface area contributed by atoms with Crippen LogP contribution in [0.4, 0.5) is 0 Å². The van der Waals surface area contributed by atoms with Crippen LogP contribution in [0.1, 0.15) is 22.8 Å². The molecule has 0 radical (unpaired) electrons. The lowest BCUT2D eigenvalue weighted by atomic mass is 10.00. The van der Waals surface area contributed by atoms with Crippen molar-refractivity contribution < 1.29 is 9.84 Å². The van der Waals surface area contributed by atoms with Crippen molar-refractivity contribution >= 4 is 31.9 Å². The molecule has 0 aliphatic rings. The fourth-order valence-electron chi connectivity index (χ4n) is 1.96. The minimum Gasteiger partial charge on any atom is -0.497 e. The Balaban J connectivity index is 2.40. The van der Waals surface area contributed by atoms with Crippen LogP contribution < -0.4 is 4.74 Å². The van der Waals surface area contributed by atoms with Gasteiger partial charge in [-0.05, 0) is 47.9 Å². The fourth-order valence-corrected chi connectivity index (χ4v) is 3.16. The van der Waals surface area contributed by atoms with Crippen molar-refractivity contribution in [2.75, 3.05) is 7.11 Å². The summed E-state index contributed by atoms with van der Waals surface area (Å²) < 4.78 is 6.95. The second-order valence-corrected chi connectivity index (χ2v) is 6.12. The Kier molecular flexibility index (Phi) is 4.66. The average molecular weight is 386 g/mol. The first-order chi connectivity index (χ1) is 9.01. The quantitative estimate of drug-likeness (QED) is 0.835. The van der Waals surface area contributed by atoms with Crippen LogP contribution in [0.2, 0.25) is 0 Å². The van der Waals surface area contributed by atoms with E-state index >= 15 is 0 Å². The van der Waals surface area contributed by atoms with E-state index in [0.717, 1.165) is 31.4 Å². The number of rotatable bonds is 3. The van der Waals surface area contributed by atoms with Gasteiger partial charge < -0.3 is 9.84 Å². The highest BCUT2D eigenvalue weighted by molar-refractivity contribution is 9.10. The van der Waals surface area contributed by atoms with Gasteiger partial charge >= 0.3 is 0 Å². The number of ether oxygens (including phenoxy) is 1. The van der Waals surface area contributed by atoms with E-state index in [1.165, 1.54) is 0 Å². The maximum absolute atomic E-state index is 10.5. The minimum atomic E-state index is -0.670. The molecule has 2 nitrogen and oxygen atoms in total. The highest BCUT2D eigenvalue weighted by atomic mass is 79.9. The molecule has 1 atom stereocenters. The first-order valence-corrected chi connectivity index (χ1v) is 7.38. The topological polar surface area (TPSA) is 29.5 Å². The van der Waals surface area contributed by atoms with E-state index in [1.807, 2.05) is 43.3 Å². The van der Waals surface area contributed by atoms with Crippen LogP contribution >= 0.6 is 31.9 Å². The molecule has 0 bridgehead atoms. The summed E-state index contributed by atoms with van der Waals surface area (Å²) in [5.41, 5.74) is 2.78. The second-order valence-electron chi connectivity index (χ2n) is 4.35. The van der Waals surface area contributed by atoms with Crippen LogP contribution in [0, 0.1) is 6.92 Å². The number of aliphatic hydroxyl groups excluding tert-OH is 1. The third kappa shape index (κ3) is 3.38. The number of benzene rings is 2. The molecular formula is C15H14Br2O2. The molecule has 0 aliphatic carbocycles. The zero-order valence-electron chi connectivity index (χ0n) is 10.7. The molecule has 4 heteroatoms. The molecular weight excluding hydrogens is 372 g/mol. The molecule has 2 aromatic carbocycles. The summed E-state index contributed by atoms with van der Waals surface area (Å²) in [6.45, 7) is 2.00. The smallest absolute Gasteiger partial charge is 0.120 e. The van der Waals surface area contributed by atoms with Crippen molar-refractivity contribution in [3.05, 3.63) is 62.0 Å². The van der Waals surface area contributed by atoms with Gasteiger partial charge in [0.2, 0.25) is 0 Å². The molecule has 19 heavy (non-hydrogen) atoms. The van der Waals surface area contributed by atoms with Gasteiger partial charge in [0.05, 0.1) is 7.11 Å². The van der Waals surface area contributed by atoms with Crippen LogP contribution in [-0.4, -0.2) is 12.2 Å². The normalized spacial score (nSPS) is 12.3. The van der Waals surface area contributed by atoms with Crippen LogP contribution in [0.15, 0.2) is 45.3 Å². The van der Waals surface area contributed by atoms with Crippen LogP contribution in [0.5, 0.6) is 5.75 Å². The van der Waals surface area contributed by atoms with Crippen molar-refractivity contribution in [2.45, 2.75) is 13.0 Å². The molecule has 2 rings (SSSR count). The fraction of sp³-hybridized carbons (Fsp3) is 0.200. The van der Waals surface area contributed by atoms with Gasteiger partial charge in [0, 0.05) is 8.95 Å². The van der Waals surface area contributed by atoms with Gasteiger partial charge in [0.25, 0.3) is 0 Å². The molecule has 0 heterocycles. The summed E-state index contributed by atoms with van der Waals surface area (Å²) in [5, 5.41) is 10.5. The second kappa shape index (κ2) is 6.07. The van der Waals surface area contributed by atoms with Gasteiger partial charge in [0.15, 0.2) is 0 Å². The van der Waals surface area contributed by atoms with E-state index in [-0.39, 0.29) is 0 Å². The van der Waals surface area contributed by atoms with Gasteiger partial charge in [-0.1, -0.05) is 44.0 Å². The highest BCUT2D eigenvalue weighted by Crippen LogP contribution is 2.32. The summed E-state index contributed by atoms with van der Waals surface area (Å²) >= 11 is 6.92. The Labute approximate surface area is 129 Å². The molecule has 2 aromatic rings. The molecule has 0 saturated heterocycles. The number of hydrogen-bond acceptors (Lipinski definition) is 2. The Morgan fingerprint density at radius 3 is 2.42 bits per heavy atom. The Morgan fingerprint density at radius 1 is 1.11 bits per heavy atom. The van der Waals surface area contributed by atoms with Crippen molar-refractivity contribution in [3.8, 4) is 5.75 Å². The largest absolute Gasteiger partial charge is 0.497 e. The lowest BCUT2D eigenvalue weighted by Crippen LogP contribution is -2.01. The number of hydrogen-bond donors (Lipinski definition) is 1. The zero-order chi connectivity index (χ0) is 14.0. The van der Waals surface area contributed by atoms with Gasteiger partial charge in [0.1, 0.15) is 11.9 Å². The molecule has 0 spiro atoms. The van der Waals surface area contributed by atoms with E-state index in [4.69, 9.17) is 4.74 Å². The minimum absolute atomic E-state index is 0.670. The summed E-state index contributed by atoms with van der Waals surface area (Å²) in [6, 6.07) is 11.5. The van der Waals surface area contributed by atoms with Crippen molar-refractivity contribution in [3.63, 3.8) is 0 Å². The van der Waals surface area contributed by atoms with E-state index in [1.54, 1.807) is 7.11 Å². The van der Waals surface area contributed by atoms with Crippen molar-refractivity contribution in [1.29, 1.82) is 0 Å². The molecule has 0 saturated carbocycles. The Hall–Kier alpha value is -0.840. The first kappa shape index (κ1) is 14.6. The van der Waals surface area contributed by atoms with Crippen molar-refractivity contribution in [2.24, 2.45) is 0 Å². The number of aliphatic hydroxyl groups is 1. The standard InChI is InChI=1S/C15H14Br2O2/c1-9-5-10(7-11(16)6-9)15(18)13-4-3-12(19-2)8-14(13)17/h3-8,15,18H,1-2H3. The highest BCUT2D eigenvalue weighted by Gasteiger charge is 2.15. The van der Waals surface area contributed by atoms with Gasteiger partial charge in [-0.2, -0.15) is 0 Å². The molecule has 0 fully saturated rings. The maximum Gasteiger partial charge on any atom is 0.120 e.